The molecule has 1 amide bonds. The molecule has 1 aromatic carbocycles. The van der Waals surface area contributed by atoms with Gasteiger partial charge < -0.3 is 9.80 Å². The number of carbonyl (C=O) groups is 1. The van der Waals surface area contributed by atoms with Crippen molar-refractivity contribution in [2.45, 2.75) is 6.92 Å². The maximum Gasteiger partial charge on any atom is 0.241 e. The molecular weight excluding hydrogens is 214 g/mol. The molecule has 0 bridgehead atoms. The maximum atomic E-state index is 11.6. The molecular formula is C13H17N3O. The van der Waals surface area contributed by atoms with Crippen LogP contribution in [-0.2, 0) is 4.79 Å². The van der Waals surface area contributed by atoms with Gasteiger partial charge in [0.2, 0.25) is 5.91 Å². The number of benzene rings is 1. The number of nitriles is 1. The van der Waals surface area contributed by atoms with E-state index in [1.807, 2.05) is 31.0 Å². The Morgan fingerprint density at radius 1 is 1.35 bits per heavy atom. The number of carbonyl (C=O) groups excluding carboxylic acids is 1. The Balaban J connectivity index is 2.84. The van der Waals surface area contributed by atoms with Crippen molar-refractivity contribution in [1.82, 2.24) is 4.90 Å². The summed E-state index contributed by atoms with van der Waals surface area (Å²) in [5.74, 6) is 0.0505. The van der Waals surface area contributed by atoms with Gasteiger partial charge in [-0.15, -0.1) is 0 Å². The number of hydrogen-bond acceptors (Lipinski definition) is 3. The standard InChI is InChI=1S/C13H17N3O/c1-10-7-12(6-5-11(10)8-14)16(4)9-13(17)15(2)3/h5-7H,9H2,1-4H3. The number of amides is 1. The van der Waals surface area contributed by atoms with Crippen molar-refractivity contribution in [3.05, 3.63) is 29.3 Å². The molecule has 0 unspecified atom stereocenters. The normalized spacial score (nSPS) is 9.59. The summed E-state index contributed by atoms with van der Waals surface area (Å²) in [5, 5.41) is 8.84. The smallest absolute Gasteiger partial charge is 0.241 e. The minimum absolute atomic E-state index is 0.0505. The fourth-order valence-electron chi connectivity index (χ4n) is 1.45. The van der Waals surface area contributed by atoms with Crippen molar-refractivity contribution in [3.63, 3.8) is 0 Å². The summed E-state index contributed by atoms with van der Waals surface area (Å²) in [5.41, 5.74) is 2.53. The molecule has 0 atom stereocenters. The van der Waals surface area contributed by atoms with Crippen molar-refractivity contribution in [1.29, 1.82) is 5.26 Å². The molecule has 1 aromatic rings. The van der Waals surface area contributed by atoms with Gasteiger partial charge in [0, 0.05) is 26.8 Å². The molecule has 0 heterocycles. The summed E-state index contributed by atoms with van der Waals surface area (Å²) in [6, 6.07) is 7.68. The minimum atomic E-state index is 0.0505. The number of rotatable bonds is 3. The number of likely N-dealkylation sites (N-methyl/N-ethyl adjacent to an activating group) is 2. The van der Waals surface area contributed by atoms with Gasteiger partial charge in [0.25, 0.3) is 0 Å². The largest absolute Gasteiger partial charge is 0.365 e. The van der Waals surface area contributed by atoms with Gasteiger partial charge in [-0.3, -0.25) is 4.79 Å². The highest BCUT2D eigenvalue weighted by molar-refractivity contribution is 5.81. The van der Waals surface area contributed by atoms with E-state index in [9.17, 15) is 4.79 Å². The average Bonchev–Trinajstić information content (AvgIpc) is 2.28. The van der Waals surface area contributed by atoms with E-state index in [1.165, 1.54) is 0 Å². The quantitative estimate of drug-likeness (QED) is 0.789. The molecule has 0 saturated carbocycles. The second kappa shape index (κ2) is 5.35. The van der Waals surface area contributed by atoms with Crippen LogP contribution in [0.2, 0.25) is 0 Å². The molecule has 0 radical (unpaired) electrons. The van der Waals surface area contributed by atoms with Crippen molar-refractivity contribution in [2.24, 2.45) is 0 Å². The summed E-state index contributed by atoms with van der Waals surface area (Å²) >= 11 is 0. The van der Waals surface area contributed by atoms with Crippen LogP contribution in [0.3, 0.4) is 0 Å². The highest BCUT2D eigenvalue weighted by atomic mass is 16.2. The summed E-state index contributed by atoms with van der Waals surface area (Å²) in [6.07, 6.45) is 0. The Bertz CT molecular complexity index is 460. The van der Waals surface area contributed by atoms with Gasteiger partial charge in [-0.05, 0) is 30.7 Å². The van der Waals surface area contributed by atoms with E-state index in [0.29, 0.717) is 12.1 Å². The van der Waals surface area contributed by atoms with E-state index in [-0.39, 0.29) is 5.91 Å². The Morgan fingerprint density at radius 2 is 2.00 bits per heavy atom. The zero-order valence-electron chi connectivity index (χ0n) is 10.7. The van der Waals surface area contributed by atoms with Gasteiger partial charge in [-0.2, -0.15) is 5.26 Å². The van der Waals surface area contributed by atoms with Crippen LogP contribution < -0.4 is 4.90 Å². The predicted molar refractivity (Wildman–Crippen MR) is 67.9 cm³/mol. The summed E-state index contributed by atoms with van der Waals surface area (Å²) in [7, 11) is 5.34. The molecule has 0 aliphatic carbocycles. The van der Waals surface area contributed by atoms with E-state index in [0.717, 1.165) is 11.3 Å². The lowest BCUT2D eigenvalue weighted by Gasteiger charge is -2.21. The Kier molecular flexibility index (Phi) is 4.11. The Hall–Kier alpha value is -2.02. The first kappa shape index (κ1) is 13.0. The molecule has 0 spiro atoms. The SMILES string of the molecule is Cc1cc(N(C)CC(=O)N(C)C)ccc1C#N. The van der Waals surface area contributed by atoms with Crippen LogP contribution in [0, 0.1) is 18.3 Å². The van der Waals surface area contributed by atoms with Gasteiger partial charge in [0.05, 0.1) is 18.2 Å². The van der Waals surface area contributed by atoms with E-state index in [4.69, 9.17) is 5.26 Å². The van der Waals surface area contributed by atoms with Gasteiger partial charge in [-0.1, -0.05) is 0 Å². The van der Waals surface area contributed by atoms with Crippen molar-refractivity contribution >= 4 is 11.6 Å². The minimum Gasteiger partial charge on any atom is -0.365 e. The molecule has 0 aliphatic heterocycles. The number of hydrogen-bond donors (Lipinski definition) is 0. The fraction of sp³-hybridized carbons (Fsp3) is 0.385. The molecule has 0 aliphatic rings. The van der Waals surface area contributed by atoms with Crippen LogP contribution in [0.25, 0.3) is 0 Å². The first-order valence-corrected chi connectivity index (χ1v) is 5.37. The third-order valence-electron chi connectivity index (χ3n) is 2.64. The van der Waals surface area contributed by atoms with Crippen LogP contribution in [-0.4, -0.2) is 38.5 Å². The third-order valence-corrected chi connectivity index (χ3v) is 2.64. The fourth-order valence-corrected chi connectivity index (χ4v) is 1.45. The Morgan fingerprint density at radius 3 is 2.47 bits per heavy atom. The molecule has 0 N–H and O–H groups in total. The lowest BCUT2D eigenvalue weighted by molar-refractivity contribution is -0.127. The molecule has 4 heteroatoms. The molecule has 0 fully saturated rings. The van der Waals surface area contributed by atoms with E-state index in [1.54, 1.807) is 25.1 Å². The van der Waals surface area contributed by atoms with Crippen LogP contribution in [0.5, 0.6) is 0 Å². The van der Waals surface area contributed by atoms with Crippen molar-refractivity contribution < 1.29 is 4.79 Å². The maximum absolute atomic E-state index is 11.6. The lowest BCUT2D eigenvalue weighted by atomic mass is 10.1. The highest BCUT2D eigenvalue weighted by Gasteiger charge is 2.09. The monoisotopic (exact) mass is 231 g/mol. The topological polar surface area (TPSA) is 47.3 Å². The van der Waals surface area contributed by atoms with Gasteiger partial charge in [0.1, 0.15) is 0 Å². The molecule has 4 nitrogen and oxygen atoms in total. The molecule has 1 rings (SSSR count). The van der Waals surface area contributed by atoms with E-state index in [2.05, 4.69) is 6.07 Å². The highest BCUT2D eigenvalue weighted by Crippen LogP contribution is 2.17. The summed E-state index contributed by atoms with van der Waals surface area (Å²) in [6.45, 7) is 2.22. The number of nitrogens with zero attached hydrogens (tertiary/aromatic N) is 3. The third kappa shape index (κ3) is 3.22. The predicted octanol–water partition coefficient (Wildman–Crippen LogP) is 1.39. The van der Waals surface area contributed by atoms with Crippen LogP contribution >= 0.6 is 0 Å². The first-order chi connectivity index (χ1) is 7.95. The molecule has 17 heavy (non-hydrogen) atoms. The van der Waals surface area contributed by atoms with Gasteiger partial charge in [-0.25, -0.2) is 0 Å². The van der Waals surface area contributed by atoms with E-state index < -0.39 is 0 Å². The molecule has 0 saturated heterocycles. The molecule has 0 aromatic heterocycles. The lowest BCUT2D eigenvalue weighted by Crippen LogP contribution is -2.34. The van der Waals surface area contributed by atoms with Crippen LogP contribution in [0.4, 0.5) is 5.69 Å². The second-order valence-electron chi connectivity index (χ2n) is 4.26. The van der Waals surface area contributed by atoms with Gasteiger partial charge in [0.15, 0.2) is 0 Å². The van der Waals surface area contributed by atoms with Crippen molar-refractivity contribution in [2.75, 3.05) is 32.6 Å². The summed E-state index contributed by atoms with van der Waals surface area (Å²) in [4.78, 5) is 15.0. The Labute approximate surface area is 102 Å². The zero-order valence-corrected chi connectivity index (χ0v) is 10.7. The van der Waals surface area contributed by atoms with E-state index >= 15 is 0 Å². The van der Waals surface area contributed by atoms with Crippen LogP contribution in [0.1, 0.15) is 11.1 Å². The van der Waals surface area contributed by atoms with Gasteiger partial charge >= 0.3 is 0 Å². The molecule has 90 valence electrons. The average molecular weight is 231 g/mol. The second-order valence-corrected chi connectivity index (χ2v) is 4.26. The first-order valence-electron chi connectivity index (χ1n) is 5.37. The van der Waals surface area contributed by atoms with Crippen molar-refractivity contribution in [3.8, 4) is 6.07 Å². The zero-order chi connectivity index (χ0) is 13.0. The number of anilines is 1. The van der Waals surface area contributed by atoms with Crippen LogP contribution in [0.15, 0.2) is 18.2 Å². The number of aryl methyl sites for hydroxylation is 1. The summed E-state index contributed by atoms with van der Waals surface area (Å²) < 4.78 is 0.